The maximum Gasteiger partial charge on any atom is 0.118 e. The van der Waals surface area contributed by atoms with Crippen molar-refractivity contribution in [2.45, 2.75) is 26.0 Å². The summed E-state index contributed by atoms with van der Waals surface area (Å²) in [6.07, 6.45) is 2.63. The molecule has 0 amide bonds. The van der Waals surface area contributed by atoms with Crippen molar-refractivity contribution in [3.05, 3.63) is 77.5 Å². The number of methoxy groups -OCH3 is 1. The van der Waals surface area contributed by atoms with Crippen molar-refractivity contribution in [1.82, 2.24) is 9.88 Å². The quantitative estimate of drug-likeness (QED) is 0.636. The van der Waals surface area contributed by atoms with Gasteiger partial charge in [-0.1, -0.05) is 42.0 Å². The molecule has 1 unspecified atom stereocenters. The Bertz CT molecular complexity index is 925. The van der Waals surface area contributed by atoms with Crippen molar-refractivity contribution in [2.75, 3.05) is 20.2 Å². The number of fused-ring (bicyclic) bond motifs is 1. The molecule has 0 aliphatic carbocycles. The van der Waals surface area contributed by atoms with Gasteiger partial charge in [0.1, 0.15) is 11.9 Å². The first-order valence-electron chi connectivity index (χ1n) is 9.94. The number of para-hydroxylation sites is 1. The Labute approximate surface area is 166 Å². The molecule has 1 aliphatic heterocycles. The van der Waals surface area contributed by atoms with Crippen molar-refractivity contribution >= 4 is 10.9 Å². The van der Waals surface area contributed by atoms with Gasteiger partial charge in [0.25, 0.3) is 0 Å². The topological polar surface area (TPSA) is 48.5 Å². The first-order valence-corrected chi connectivity index (χ1v) is 9.94. The van der Waals surface area contributed by atoms with Crippen molar-refractivity contribution in [2.24, 2.45) is 5.92 Å². The number of aromatic amines is 1. The van der Waals surface area contributed by atoms with Gasteiger partial charge in [-0.2, -0.15) is 0 Å². The fraction of sp³-hybridized carbons (Fsp3) is 0.333. The van der Waals surface area contributed by atoms with Gasteiger partial charge in [0, 0.05) is 30.2 Å². The molecule has 4 rings (SSSR count). The van der Waals surface area contributed by atoms with E-state index in [0.717, 1.165) is 48.4 Å². The van der Waals surface area contributed by atoms with Crippen LogP contribution in [0.5, 0.6) is 5.75 Å². The SMILES string of the molecule is C/C=C1/CN(Cc2ccc(OC)cc2)CCC1[C@H](O)c1cc2ccccc2[nH]1. The molecule has 0 saturated carbocycles. The molecule has 1 saturated heterocycles. The first-order chi connectivity index (χ1) is 13.7. The van der Waals surface area contributed by atoms with Crippen molar-refractivity contribution in [3.8, 4) is 5.75 Å². The summed E-state index contributed by atoms with van der Waals surface area (Å²) in [5.74, 6) is 1.04. The average molecular weight is 377 g/mol. The minimum absolute atomic E-state index is 0.158. The molecule has 3 aromatic rings. The number of benzene rings is 2. The molecule has 28 heavy (non-hydrogen) atoms. The Hall–Kier alpha value is -2.56. The fourth-order valence-corrected chi connectivity index (χ4v) is 4.22. The smallest absolute Gasteiger partial charge is 0.118 e. The number of rotatable bonds is 5. The van der Waals surface area contributed by atoms with E-state index < -0.39 is 6.10 Å². The number of hydrogen-bond acceptors (Lipinski definition) is 3. The van der Waals surface area contributed by atoms with Crippen LogP contribution in [0, 0.1) is 5.92 Å². The summed E-state index contributed by atoms with van der Waals surface area (Å²) in [4.78, 5) is 5.85. The molecule has 1 aromatic heterocycles. The predicted octanol–water partition coefficient (Wildman–Crippen LogP) is 4.68. The number of nitrogens with zero attached hydrogens (tertiary/aromatic N) is 1. The Kier molecular flexibility index (Phi) is 5.51. The van der Waals surface area contributed by atoms with Crippen LogP contribution in [0.4, 0.5) is 0 Å². The summed E-state index contributed by atoms with van der Waals surface area (Å²) in [5, 5.41) is 12.2. The van der Waals surface area contributed by atoms with E-state index in [2.05, 4.69) is 53.2 Å². The standard InChI is InChI=1S/C24H28N2O2/c1-3-18-16-26(15-17-8-10-20(28-2)11-9-17)13-12-21(18)24(27)23-14-19-6-4-5-7-22(19)25-23/h3-11,14,21,24-25,27H,12-13,15-16H2,1-2H3/b18-3-/t21?,24-/m0/s1. The average Bonchev–Trinajstić information content (AvgIpc) is 3.18. The lowest BCUT2D eigenvalue weighted by atomic mass is 9.84. The van der Waals surface area contributed by atoms with Crippen LogP contribution in [0.2, 0.25) is 0 Å². The minimum Gasteiger partial charge on any atom is -0.497 e. The molecule has 0 bridgehead atoms. The van der Waals surface area contributed by atoms with E-state index in [1.165, 1.54) is 11.1 Å². The molecule has 4 heteroatoms. The van der Waals surface area contributed by atoms with Gasteiger partial charge < -0.3 is 14.8 Å². The van der Waals surface area contributed by atoms with Crippen LogP contribution in [0.25, 0.3) is 10.9 Å². The number of H-pyrrole nitrogens is 1. The number of aliphatic hydroxyl groups excluding tert-OH is 1. The molecule has 4 nitrogen and oxygen atoms in total. The van der Waals surface area contributed by atoms with Crippen LogP contribution in [0.15, 0.2) is 66.2 Å². The number of aliphatic hydroxyl groups is 1. The lowest BCUT2D eigenvalue weighted by molar-refractivity contribution is 0.0875. The van der Waals surface area contributed by atoms with E-state index in [1.54, 1.807) is 7.11 Å². The number of hydrogen-bond donors (Lipinski definition) is 2. The van der Waals surface area contributed by atoms with Crippen LogP contribution >= 0.6 is 0 Å². The highest BCUT2D eigenvalue weighted by molar-refractivity contribution is 5.80. The zero-order valence-corrected chi connectivity index (χ0v) is 16.6. The molecule has 1 fully saturated rings. The van der Waals surface area contributed by atoms with Crippen LogP contribution in [-0.4, -0.2) is 35.2 Å². The molecule has 0 radical (unpaired) electrons. The summed E-state index contributed by atoms with van der Waals surface area (Å²) >= 11 is 0. The highest BCUT2D eigenvalue weighted by atomic mass is 16.5. The number of likely N-dealkylation sites (tertiary alicyclic amines) is 1. The normalized spacial score (nSPS) is 20.5. The fourth-order valence-electron chi connectivity index (χ4n) is 4.22. The van der Waals surface area contributed by atoms with Gasteiger partial charge in [-0.05, 0) is 55.1 Å². The van der Waals surface area contributed by atoms with Gasteiger partial charge in [0.15, 0.2) is 0 Å². The Balaban J connectivity index is 1.45. The predicted molar refractivity (Wildman–Crippen MR) is 113 cm³/mol. The van der Waals surface area contributed by atoms with Gasteiger partial charge >= 0.3 is 0 Å². The lowest BCUT2D eigenvalue weighted by Gasteiger charge is -2.36. The molecular formula is C24H28N2O2. The van der Waals surface area contributed by atoms with E-state index in [-0.39, 0.29) is 5.92 Å². The maximum atomic E-state index is 11.1. The highest BCUT2D eigenvalue weighted by Crippen LogP contribution is 2.35. The summed E-state index contributed by atoms with van der Waals surface area (Å²) in [7, 11) is 1.69. The zero-order chi connectivity index (χ0) is 19.5. The third-order valence-electron chi connectivity index (χ3n) is 5.83. The van der Waals surface area contributed by atoms with Gasteiger partial charge in [0.2, 0.25) is 0 Å². The molecule has 1 aliphatic rings. The third kappa shape index (κ3) is 3.84. The number of nitrogens with one attached hydrogen (secondary N) is 1. The molecule has 2 atom stereocenters. The van der Waals surface area contributed by atoms with E-state index in [1.807, 2.05) is 24.3 Å². The van der Waals surface area contributed by atoms with Gasteiger partial charge in [0.05, 0.1) is 7.11 Å². The highest BCUT2D eigenvalue weighted by Gasteiger charge is 2.30. The zero-order valence-electron chi connectivity index (χ0n) is 16.6. The number of aromatic nitrogens is 1. The summed E-state index contributed by atoms with van der Waals surface area (Å²) < 4.78 is 5.24. The molecule has 2 N–H and O–H groups in total. The molecule has 2 heterocycles. The second-order valence-electron chi connectivity index (χ2n) is 7.57. The van der Waals surface area contributed by atoms with E-state index in [0.29, 0.717) is 0 Å². The van der Waals surface area contributed by atoms with Crippen molar-refractivity contribution in [3.63, 3.8) is 0 Å². The van der Waals surface area contributed by atoms with Crippen LogP contribution < -0.4 is 4.74 Å². The van der Waals surface area contributed by atoms with Gasteiger partial charge in [-0.25, -0.2) is 0 Å². The molecule has 146 valence electrons. The molecule has 2 aromatic carbocycles. The third-order valence-corrected chi connectivity index (χ3v) is 5.83. The van der Waals surface area contributed by atoms with Gasteiger partial charge in [-0.3, -0.25) is 4.90 Å². The van der Waals surface area contributed by atoms with Crippen molar-refractivity contribution in [1.29, 1.82) is 0 Å². The van der Waals surface area contributed by atoms with E-state index >= 15 is 0 Å². The maximum absolute atomic E-state index is 11.1. The number of piperidine rings is 1. The second-order valence-corrected chi connectivity index (χ2v) is 7.57. The largest absolute Gasteiger partial charge is 0.497 e. The summed E-state index contributed by atoms with van der Waals surface area (Å²) in [5.41, 5.74) is 4.58. The lowest BCUT2D eigenvalue weighted by Crippen LogP contribution is -2.37. The summed E-state index contributed by atoms with van der Waals surface area (Å²) in [6, 6.07) is 18.5. The second kappa shape index (κ2) is 8.21. The van der Waals surface area contributed by atoms with E-state index in [9.17, 15) is 5.11 Å². The number of allylic oxidation sites excluding steroid dienone is 1. The Morgan fingerprint density at radius 1 is 1.21 bits per heavy atom. The van der Waals surface area contributed by atoms with Crippen molar-refractivity contribution < 1.29 is 9.84 Å². The molecular weight excluding hydrogens is 348 g/mol. The van der Waals surface area contributed by atoms with Crippen LogP contribution in [-0.2, 0) is 6.54 Å². The van der Waals surface area contributed by atoms with E-state index in [4.69, 9.17) is 4.74 Å². The minimum atomic E-state index is -0.498. The monoisotopic (exact) mass is 376 g/mol. The Morgan fingerprint density at radius 3 is 2.71 bits per heavy atom. The number of ether oxygens (including phenoxy) is 1. The van der Waals surface area contributed by atoms with Crippen LogP contribution in [0.3, 0.4) is 0 Å². The van der Waals surface area contributed by atoms with Gasteiger partial charge in [-0.15, -0.1) is 0 Å². The summed E-state index contributed by atoms with van der Waals surface area (Å²) in [6.45, 7) is 4.86. The molecule has 0 spiro atoms. The van der Waals surface area contributed by atoms with Crippen LogP contribution in [0.1, 0.15) is 30.7 Å². The first kappa shape index (κ1) is 18.8. The Morgan fingerprint density at radius 2 is 2.00 bits per heavy atom.